The third kappa shape index (κ3) is 7.01. The molecule has 0 spiro atoms. The van der Waals surface area contributed by atoms with Crippen LogP contribution in [-0.2, 0) is 19.6 Å². The van der Waals surface area contributed by atoms with Crippen LogP contribution in [0.4, 0.5) is 4.79 Å². The van der Waals surface area contributed by atoms with Crippen molar-refractivity contribution in [3.05, 3.63) is 28.2 Å². The van der Waals surface area contributed by atoms with Gasteiger partial charge in [0.1, 0.15) is 10.5 Å². The highest BCUT2D eigenvalue weighted by molar-refractivity contribution is 7.89. The van der Waals surface area contributed by atoms with E-state index in [0.717, 1.165) is 0 Å². The molecule has 2 rings (SSSR count). The molecule has 0 aromatic heterocycles. The van der Waals surface area contributed by atoms with Crippen molar-refractivity contribution in [1.29, 1.82) is 0 Å². The smallest absolute Gasteiger partial charge is 0.407 e. The summed E-state index contributed by atoms with van der Waals surface area (Å²) in [5, 5.41) is 5.71. The SMILES string of the molecule is CC(C)(C)OC(=O)NCCNC(=O)C1CCN(S(=O)(=O)c2cc(Cl)ccc2Cl)CC1. The Bertz CT molecular complexity index is 879. The number of rotatable bonds is 6. The number of carbonyl (C=O) groups is 2. The molecule has 1 aliphatic heterocycles. The zero-order chi connectivity index (χ0) is 22.5. The number of hydrogen-bond acceptors (Lipinski definition) is 5. The first-order valence-electron chi connectivity index (χ1n) is 9.60. The molecule has 2 N–H and O–H groups in total. The van der Waals surface area contributed by atoms with Crippen molar-refractivity contribution in [2.24, 2.45) is 5.92 Å². The fraction of sp³-hybridized carbons (Fsp3) is 0.579. The standard InChI is InChI=1S/C19H27Cl2N3O5S/c1-19(2,3)29-18(26)23-9-8-22-17(25)13-6-10-24(11-7-13)30(27,28)16-12-14(20)4-5-15(16)21/h4-5,12-13H,6-11H2,1-3H3,(H,22,25)(H,23,26). The normalized spacial score (nSPS) is 16.2. The van der Waals surface area contributed by atoms with E-state index in [0.29, 0.717) is 12.8 Å². The number of amides is 2. The number of sulfonamides is 1. The summed E-state index contributed by atoms with van der Waals surface area (Å²) >= 11 is 11.9. The lowest BCUT2D eigenvalue weighted by molar-refractivity contribution is -0.126. The zero-order valence-corrected chi connectivity index (χ0v) is 19.5. The molecular formula is C19H27Cl2N3O5S. The van der Waals surface area contributed by atoms with Gasteiger partial charge in [-0.15, -0.1) is 0 Å². The van der Waals surface area contributed by atoms with E-state index in [4.69, 9.17) is 27.9 Å². The van der Waals surface area contributed by atoms with Gasteiger partial charge in [0.25, 0.3) is 0 Å². The lowest BCUT2D eigenvalue weighted by Crippen LogP contribution is -2.44. The van der Waals surface area contributed by atoms with Gasteiger partial charge in [0, 0.05) is 37.1 Å². The molecule has 0 radical (unpaired) electrons. The van der Waals surface area contributed by atoms with Gasteiger partial charge in [-0.3, -0.25) is 4.79 Å². The summed E-state index contributed by atoms with van der Waals surface area (Å²) < 4.78 is 32.1. The van der Waals surface area contributed by atoms with Crippen LogP contribution in [-0.4, -0.2) is 56.5 Å². The predicted octanol–water partition coefficient (Wildman–Crippen LogP) is 3.04. The second-order valence-corrected chi connectivity index (χ2v) is 10.7. The van der Waals surface area contributed by atoms with E-state index in [1.807, 2.05) is 0 Å². The molecule has 1 aliphatic rings. The Hall–Kier alpha value is -1.55. The van der Waals surface area contributed by atoms with Crippen LogP contribution < -0.4 is 10.6 Å². The molecule has 1 aromatic carbocycles. The van der Waals surface area contributed by atoms with Gasteiger partial charge in [0.05, 0.1) is 5.02 Å². The van der Waals surface area contributed by atoms with Crippen molar-refractivity contribution in [3.8, 4) is 0 Å². The Labute approximate surface area is 187 Å². The highest BCUT2D eigenvalue weighted by Crippen LogP contribution is 2.30. The average molecular weight is 480 g/mol. The lowest BCUT2D eigenvalue weighted by Gasteiger charge is -2.30. The minimum absolute atomic E-state index is 0.0345. The number of halogens is 2. The quantitative estimate of drug-likeness (QED) is 0.609. The fourth-order valence-electron chi connectivity index (χ4n) is 2.98. The molecular weight excluding hydrogens is 453 g/mol. The van der Waals surface area contributed by atoms with Crippen LogP contribution in [0.5, 0.6) is 0 Å². The van der Waals surface area contributed by atoms with E-state index >= 15 is 0 Å². The fourth-order valence-corrected chi connectivity index (χ4v) is 5.19. The maximum atomic E-state index is 12.8. The van der Waals surface area contributed by atoms with Crippen LogP contribution in [0.25, 0.3) is 0 Å². The molecule has 0 atom stereocenters. The zero-order valence-electron chi connectivity index (χ0n) is 17.2. The van der Waals surface area contributed by atoms with Crippen LogP contribution in [0.1, 0.15) is 33.6 Å². The molecule has 1 heterocycles. The topological polar surface area (TPSA) is 105 Å². The molecule has 1 aromatic rings. The van der Waals surface area contributed by atoms with Gasteiger partial charge in [0.2, 0.25) is 15.9 Å². The second kappa shape index (κ2) is 10.2. The van der Waals surface area contributed by atoms with Crippen molar-refractivity contribution < 1.29 is 22.7 Å². The van der Waals surface area contributed by atoms with E-state index in [2.05, 4.69) is 10.6 Å². The van der Waals surface area contributed by atoms with Gasteiger partial charge in [-0.25, -0.2) is 13.2 Å². The molecule has 30 heavy (non-hydrogen) atoms. The molecule has 0 saturated carbocycles. The first kappa shape index (κ1) is 24.7. The van der Waals surface area contributed by atoms with E-state index in [1.54, 1.807) is 20.8 Å². The van der Waals surface area contributed by atoms with Gasteiger partial charge in [0.15, 0.2) is 0 Å². The number of carbonyl (C=O) groups excluding carboxylic acids is 2. The number of nitrogens with zero attached hydrogens (tertiary/aromatic N) is 1. The highest BCUT2D eigenvalue weighted by atomic mass is 35.5. The van der Waals surface area contributed by atoms with Gasteiger partial charge in [-0.2, -0.15) is 4.31 Å². The van der Waals surface area contributed by atoms with Gasteiger partial charge < -0.3 is 15.4 Å². The first-order chi connectivity index (χ1) is 13.9. The van der Waals surface area contributed by atoms with Gasteiger partial charge in [-0.1, -0.05) is 23.2 Å². The first-order valence-corrected chi connectivity index (χ1v) is 11.8. The monoisotopic (exact) mass is 479 g/mol. The number of benzene rings is 1. The van der Waals surface area contributed by atoms with E-state index in [9.17, 15) is 18.0 Å². The molecule has 0 unspecified atom stereocenters. The Morgan fingerprint density at radius 2 is 1.73 bits per heavy atom. The van der Waals surface area contributed by atoms with E-state index in [1.165, 1.54) is 22.5 Å². The second-order valence-electron chi connectivity index (χ2n) is 7.97. The summed E-state index contributed by atoms with van der Waals surface area (Å²) in [5.74, 6) is -0.466. The Morgan fingerprint density at radius 1 is 1.13 bits per heavy atom. The van der Waals surface area contributed by atoms with Crippen LogP contribution in [0.15, 0.2) is 23.1 Å². The minimum atomic E-state index is -3.79. The summed E-state index contributed by atoms with van der Waals surface area (Å²) in [6.45, 7) is 6.21. The number of ether oxygens (including phenoxy) is 1. The van der Waals surface area contributed by atoms with E-state index in [-0.39, 0.29) is 52.9 Å². The third-order valence-electron chi connectivity index (χ3n) is 4.43. The molecule has 1 fully saturated rings. The van der Waals surface area contributed by atoms with Crippen molar-refractivity contribution in [2.75, 3.05) is 26.2 Å². The molecule has 168 valence electrons. The highest BCUT2D eigenvalue weighted by Gasteiger charge is 2.33. The van der Waals surface area contributed by atoms with Crippen LogP contribution >= 0.6 is 23.2 Å². The number of piperidine rings is 1. The summed E-state index contributed by atoms with van der Waals surface area (Å²) in [7, 11) is -3.79. The summed E-state index contributed by atoms with van der Waals surface area (Å²) in [6, 6.07) is 4.30. The third-order valence-corrected chi connectivity index (χ3v) is 7.04. The maximum absolute atomic E-state index is 12.8. The van der Waals surface area contributed by atoms with Crippen LogP contribution in [0.2, 0.25) is 10.0 Å². The average Bonchev–Trinajstić information content (AvgIpc) is 2.65. The summed E-state index contributed by atoms with van der Waals surface area (Å²) in [6.07, 6.45) is 0.237. The molecule has 11 heteroatoms. The molecule has 8 nitrogen and oxygen atoms in total. The van der Waals surface area contributed by atoms with Gasteiger partial charge in [-0.05, 0) is 51.8 Å². The largest absolute Gasteiger partial charge is 0.444 e. The summed E-state index contributed by atoms with van der Waals surface area (Å²) in [5.41, 5.74) is -0.586. The van der Waals surface area contributed by atoms with Crippen LogP contribution in [0, 0.1) is 5.92 Å². The molecule has 2 amide bonds. The predicted molar refractivity (Wildman–Crippen MR) is 115 cm³/mol. The Morgan fingerprint density at radius 3 is 2.33 bits per heavy atom. The number of alkyl carbamates (subject to hydrolysis) is 1. The Kier molecular flexibility index (Phi) is 8.38. The molecule has 0 aliphatic carbocycles. The van der Waals surface area contributed by atoms with Crippen molar-refractivity contribution >= 4 is 45.2 Å². The van der Waals surface area contributed by atoms with E-state index < -0.39 is 21.7 Å². The molecule has 1 saturated heterocycles. The Balaban J connectivity index is 1.80. The lowest BCUT2D eigenvalue weighted by atomic mass is 9.97. The summed E-state index contributed by atoms with van der Waals surface area (Å²) in [4.78, 5) is 23.9. The molecule has 0 bridgehead atoms. The van der Waals surface area contributed by atoms with Crippen molar-refractivity contribution in [3.63, 3.8) is 0 Å². The van der Waals surface area contributed by atoms with Crippen molar-refractivity contribution in [1.82, 2.24) is 14.9 Å². The maximum Gasteiger partial charge on any atom is 0.407 e. The number of hydrogen-bond donors (Lipinski definition) is 2. The van der Waals surface area contributed by atoms with Gasteiger partial charge >= 0.3 is 6.09 Å². The number of nitrogens with one attached hydrogen (secondary N) is 2. The van der Waals surface area contributed by atoms with Crippen LogP contribution in [0.3, 0.4) is 0 Å². The minimum Gasteiger partial charge on any atom is -0.444 e. The van der Waals surface area contributed by atoms with Crippen molar-refractivity contribution in [2.45, 2.75) is 44.1 Å².